The Hall–Kier alpha value is -10.1. The summed E-state index contributed by atoms with van der Waals surface area (Å²) in [5.74, 6) is -2.47. The summed E-state index contributed by atoms with van der Waals surface area (Å²) in [6.07, 6.45) is 4.58. The van der Waals surface area contributed by atoms with Gasteiger partial charge in [-0.2, -0.15) is 0 Å². The van der Waals surface area contributed by atoms with E-state index in [9.17, 15) is 77.6 Å². The number of ketones is 4. The Morgan fingerprint density at radius 2 is 0.766 bits per heavy atom. The SMILES string of the molecule is CC(=O)NC1C(O)OC(COC(C)=O)C(C)C1C.CC(=O)NC1C(O)OC(COC(C)=O)C(C)C1C.CCOCCCC(=O)CCC(CCC(=O)CCCOCC)(CCC(=O)CCCOCCOCCOCCOC1OC(COC(C)=O)C(C)C(C)C1NC(C)=O)CC(=O)CCCCCCCCC(=O)Nc1cc(COC(=O)CCC(=O)[O-])cc(COC(c2ccccc2)(c2ccc(OC)cc2)c2ccc(OC)cc2)c1. The van der Waals surface area contributed by atoms with Crippen molar-refractivity contribution < 1.29 is 153 Å². The van der Waals surface area contributed by atoms with Gasteiger partial charge in [0.2, 0.25) is 23.6 Å². The summed E-state index contributed by atoms with van der Waals surface area (Å²) in [4.78, 5) is 159. The number of aliphatic hydroxyl groups excluding tert-OH is 2. The number of aliphatic hydroxyl groups is 2. The summed E-state index contributed by atoms with van der Waals surface area (Å²) in [6.45, 7) is 28.0. The van der Waals surface area contributed by atoms with Crippen molar-refractivity contribution in [1.82, 2.24) is 16.0 Å². The number of carboxylic acid groups (broad SMARTS) is 1. The maximum atomic E-state index is 14.2. The van der Waals surface area contributed by atoms with Crippen molar-refractivity contribution in [2.75, 3.05) is 112 Å². The minimum absolute atomic E-state index is 0.00973. The molecule has 15 unspecified atom stereocenters. The monoisotopic (exact) mass is 2040 g/mol. The maximum Gasteiger partial charge on any atom is 0.306 e. The molecular formula is C109H163N4O32-. The minimum Gasteiger partial charge on any atom is -0.550 e. The van der Waals surface area contributed by atoms with Gasteiger partial charge >= 0.3 is 23.9 Å². The number of rotatable bonds is 67. The van der Waals surface area contributed by atoms with Crippen LogP contribution >= 0.6 is 0 Å². The summed E-state index contributed by atoms with van der Waals surface area (Å²) < 4.78 is 89.9. The average molecular weight is 2040 g/mol. The van der Waals surface area contributed by atoms with Crippen molar-refractivity contribution in [2.24, 2.45) is 40.9 Å². The van der Waals surface area contributed by atoms with Crippen LogP contribution in [0.2, 0.25) is 0 Å². The van der Waals surface area contributed by atoms with Gasteiger partial charge < -0.3 is 117 Å². The molecule has 4 amide bonds. The Kier molecular flexibility index (Phi) is 59.8. The zero-order valence-corrected chi connectivity index (χ0v) is 88.1. The van der Waals surface area contributed by atoms with Crippen molar-refractivity contribution in [3.63, 3.8) is 0 Å². The number of aliphatic carboxylic acids is 1. The Morgan fingerprint density at radius 3 is 1.19 bits per heavy atom. The first-order valence-electron chi connectivity index (χ1n) is 51.2. The van der Waals surface area contributed by atoms with E-state index in [0.29, 0.717) is 158 Å². The lowest BCUT2D eigenvalue weighted by atomic mass is 9.70. The number of ether oxygens (including phenoxy) is 16. The molecule has 36 nitrogen and oxygen atoms in total. The zero-order chi connectivity index (χ0) is 107. The number of carbonyl (C=O) groups excluding carboxylic acids is 13. The number of Topliss-reactive ketones (excluding diaryl/α,β-unsaturated/α-hetero) is 4. The minimum atomic E-state index is -1.37. The molecule has 0 bridgehead atoms. The number of nitrogens with one attached hydrogen (secondary N) is 4. The van der Waals surface area contributed by atoms with E-state index < -0.39 is 78.4 Å². The smallest absolute Gasteiger partial charge is 0.306 e. The van der Waals surface area contributed by atoms with Gasteiger partial charge in [-0.25, -0.2) is 0 Å². The van der Waals surface area contributed by atoms with E-state index in [0.717, 1.165) is 42.4 Å². The number of carboxylic acids is 1. The molecule has 4 aromatic rings. The van der Waals surface area contributed by atoms with E-state index in [-0.39, 0.29) is 198 Å². The summed E-state index contributed by atoms with van der Waals surface area (Å²) in [5.41, 5.74) is 2.19. The van der Waals surface area contributed by atoms with E-state index in [1.807, 2.05) is 146 Å². The van der Waals surface area contributed by atoms with Gasteiger partial charge in [0.1, 0.15) is 66.7 Å². The highest BCUT2D eigenvalue weighted by atomic mass is 16.7. The fourth-order valence-corrected chi connectivity index (χ4v) is 17.7. The molecule has 0 spiro atoms. The van der Waals surface area contributed by atoms with Crippen LogP contribution in [-0.4, -0.2) is 249 Å². The third-order valence-electron chi connectivity index (χ3n) is 26.5. The second-order valence-electron chi connectivity index (χ2n) is 37.7. The van der Waals surface area contributed by atoms with Crippen LogP contribution in [0.3, 0.4) is 0 Å². The number of anilines is 1. The standard InChI is InChI=1S/C85H122N2O22.2C12H21NO5/c1-9-100-46-20-26-72(90)40-43-84(44-41-73(91)27-21-47-101-10-2,45-42-74(92)28-22-48-102-49-50-103-51-52-104-53-54-105-83-82(86-64(5)88)63(4)62(3)78(109-83)61-106-65(6)89)58-75(93)25-18-13-11-12-14-19-29-79(94)87-71-56-66(59-107-81(97)39-38-80(95)96)55-67(57-71)60-108-85(68-23-16-15-17-24-68,69-30-34-76(98-7)35-31-69)70-32-36-77(99-8)37-33-70;2*1-6-7(2)11(13-8(3)14)12(16)18-10(6)5-17-9(4)15/h15-17,23-24,30-37,55-57,62-63,78,82-83H,9-14,18-22,25-29,38-54,58-61H2,1-8H3,(H,86,88)(H,87,94)(H,95,96);2*6-7,10-12,16H,5H2,1-4H3,(H,13,14)/p-1. The summed E-state index contributed by atoms with van der Waals surface area (Å²) >= 11 is 0. The van der Waals surface area contributed by atoms with Crippen molar-refractivity contribution >= 4 is 82.3 Å². The molecule has 0 radical (unpaired) electrons. The maximum absolute atomic E-state index is 14.2. The van der Waals surface area contributed by atoms with Gasteiger partial charge in [0.25, 0.3) is 0 Å². The van der Waals surface area contributed by atoms with Gasteiger partial charge in [0, 0.05) is 144 Å². The summed E-state index contributed by atoms with van der Waals surface area (Å²) in [6, 6.07) is 29.1. The topological polar surface area (TPSA) is 481 Å². The number of benzene rings is 4. The molecule has 0 aromatic heterocycles. The molecule has 3 aliphatic heterocycles. The number of hydrogen-bond donors (Lipinski definition) is 6. The van der Waals surface area contributed by atoms with Crippen LogP contribution in [0.25, 0.3) is 0 Å². The van der Waals surface area contributed by atoms with Gasteiger partial charge in [0.15, 0.2) is 18.9 Å². The first-order chi connectivity index (χ1) is 69.3. The number of amides is 4. The molecule has 3 saturated heterocycles. The van der Waals surface area contributed by atoms with E-state index in [1.54, 1.807) is 20.3 Å². The zero-order valence-electron chi connectivity index (χ0n) is 88.1. The predicted octanol–water partition coefficient (Wildman–Crippen LogP) is 12.5. The van der Waals surface area contributed by atoms with Gasteiger partial charge in [-0.15, -0.1) is 0 Å². The molecule has 36 heteroatoms. The van der Waals surface area contributed by atoms with Gasteiger partial charge in [-0.05, 0) is 183 Å². The van der Waals surface area contributed by atoms with Gasteiger partial charge in [0.05, 0.1) is 103 Å². The van der Waals surface area contributed by atoms with Crippen molar-refractivity contribution in [3.05, 3.63) is 125 Å². The van der Waals surface area contributed by atoms with Crippen LogP contribution in [0, 0.1) is 40.9 Å². The average Bonchev–Trinajstić information content (AvgIpc) is 0.748. The molecule has 145 heavy (non-hydrogen) atoms. The molecule has 4 aromatic carbocycles. The van der Waals surface area contributed by atoms with Crippen molar-refractivity contribution in [2.45, 2.75) is 319 Å². The number of esters is 4. The fourth-order valence-electron chi connectivity index (χ4n) is 17.7. The number of methoxy groups -OCH3 is 2. The molecule has 0 saturated carbocycles. The predicted molar refractivity (Wildman–Crippen MR) is 535 cm³/mol. The number of hydrogen-bond acceptors (Lipinski definition) is 32. The van der Waals surface area contributed by atoms with Gasteiger partial charge in [-0.1, -0.05) is 122 Å². The molecular weight excluding hydrogens is 1880 g/mol. The lowest BCUT2D eigenvalue weighted by molar-refractivity contribution is -0.305. The fraction of sp³-hybridized carbons (Fsp3) is 0.661. The van der Waals surface area contributed by atoms with Crippen molar-refractivity contribution in [1.29, 1.82) is 0 Å². The lowest BCUT2D eigenvalue weighted by Gasteiger charge is -2.44. The van der Waals surface area contributed by atoms with Crippen LogP contribution in [0.5, 0.6) is 11.5 Å². The van der Waals surface area contributed by atoms with E-state index in [1.165, 1.54) is 41.5 Å². The first kappa shape index (κ1) is 125. The molecule has 3 aliphatic rings. The van der Waals surface area contributed by atoms with Crippen LogP contribution in [-0.2, 0) is 147 Å². The molecule has 6 N–H and O–H groups in total. The van der Waals surface area contributed by atoms with E-state index in [2.05, 4.69) is 21.3 Å². The van der Waals surface area contributed by atoms with Crippen LogP contribution in [0.4, 0.5) is 5.69 Å². The van der Waals surface area contributed by atoms with E-state index >= 15 is 0 Å². The van der Waals surface area contributed by atoms with Crippen LogP contribution < -0.4 is 35.8 Å². The Labute approximate surface area is 855 Å². The number of carbonyl (C=O) groups is 13. The third-order valence-corrected chi connectivity index (χ3v) is 26.5. The van der Waals surface area contributed by atoms with Crippen LogP contribution in [0.15, 0.2) is 97.1 Å². The normalized spacial score (nSPS) is 20.7. The van der Waals surface area contributed by atoms with E-state index in [4.69, 9.17) is 75.8 Å². The third kappa shape index (κ3) is 47.7. The molecule has 15 atom stereocenters. The van der Waals surface area contributed by atoms with Gasteiger partial charge in [-0.3, -0.25) is 57.5 Å². The van der Waals surface area contributed by atoms with Crippen LogP contribution in [0.1, 0.15) is 272 Å². The largest absolute Gasteiger partial charge is 0.550 e. The molecule has 0 aliphatic carbocycles. The first-order valence-corrected chi connectivity index (χ1v) is 51.2. The Balaban J connectivity index is 0.000000850. The summed E-state index contributed by atoms with van der Waals surface area (Å²) in [5, 5.41) is 42.2. The second-order valence-corrected chi connectivity index (χ2v) is 37.7. The molecule has 812 valence electrons. The molecule has 7 rings (SSSR count). The van der Waals surface area contributed by atoms with Crippen molar-refractivity contribution in [3.8, 4) is 11.5 Å². The number of unbranched alkanes of at least 4 members (excludes halogenated alkanes) is 5. The summed E-state index contributed by atoms with van der Waals surface area (Å²) in [7, 11) is 3.20. The molecule has 3 fully saturated rings. The Morgan fingerprint density at radius 1 is 0.386 bits per heavy atom. The second kappa shape index (κ2) is 69.2. The lowest BCUT2D eigenvalue weighted by Crippen LogP contribution is -2.58. The quantitative estimate of drug-likeness (QED) is 0.0103. The Bertz CT molecular complexity index is 4390. The highest BCUT2D eigenvalue weighted by Gasteiger charge is 2.46. The molecule has 3 heterocycles. The highest BCUT2D eigenvalue weighted by Crippen LogP contribution is 2.45. The highest BCUT2D eigenvalue weighted by molar-refractivity contribution is 5.91.